The molecule has 132 valence electrons. The Hall–Kier alpha value is -2.08. The molecule has 1 fully saturated rings. The Balaban J connectivity index is 1.85. The van der Waals surface area contributed by atoms with Crippen LogP contribution < -0.4 is 10.6 Å². The van der Waals surface area contributed by atoms with Crippen LogP contribution in [0.5, 0.6) is 0 Å². The molecule has 0 radical (unpaired) electrons. The Kier molecular flexibility index (Phi) is 6.61. The van der Waals surface area contributed by atoms with Gasteiger partial charge in [0.05, 0.1) is 6.61 Å². The number of rotatable bonds is 4. The van der Waals surface area contributed by atoms with Gasteiger partial charge >= 0.3 is 6.03 Å². The number of hydrogen-bond acceptors (Lipinski definition) is 3. The third kappa shape index (κ3) is 5.23. The fraction of sp³-hybridized carbons (Fsp3) is 0.556. The van der Waals surface area contributed by atoms with Crippen molar-refractivity contribution in [2.45, 2.75) is 39.8 Å². The highest BCUT2D eigenvalue weighted by molar-refractivity contribution is 5.92. The molecular formula is C18H27N3O3. The Bertz CT molecular complexity index is 557. The van der Waals surface area contributed by atoms with Crippen molar-refractivity contribution in [3.8, 4) is 0 Å². The SMILES string of the molecule is CC(C)C(=O)Nc1ccc(CNC(=O)N2CCOCCC2C)cc1. The zero-order chi connectivity index (χ0) is 17.5. The van der Waals surface area contributed by atoms with Gasteiger partial charge in [0.2, 0.25) is 5.91 Å². The molecule has 1 unspecified atom stereocenters. The molecule has 3 amide bonds. The largest absolute Gasteiger partial charge is 0.380 e. The molecule has 6 nitrogen and oxygen atoms in total. The van der Waals surface area contributed by atoms with Crippen LogP contribution in [0.1, 0.15) is 32.8 Å². The van der Waals surface area contributed by atoms with Crippen molar-refractivity contribution in [3.63, 3.8) is 0 Å². The van der Waals surface area contributed by atoms with Crippen LogP contribution in [0.15, 0.2) is 24.3 Å². The van der Waals surface area contributed by atoms with Gasteiger partial charge in [-0.25, -0.2) is 4.79 Å². The predicted molar refractivity (Wildman–Crippen MR) is 93.7 cm³/mol. The predicted octanol–water partition coefficient (Wildman–Crippen LogP) is 2.60. The Morgan fingerprint density at radius 1 is 1.25 bits per heavy atom. The number of benzene rings is 1. The maximum absolute atomic E-state index is 12.3. The summed E-state index contributed by atoms with van der Waals surface area (Å²) in [5.41, 5.74) is 1.76. The maximum atomic E-state index is 12.3. The molecule has 2 N–H and O–H groups in total. The highest BCUT2D eigenvalue weighted by Gasteiger charge is 2.21. The molecule has 1 aromatic carbocycles. The summed E-state index contributed by atoms with van der Waals surface area (Å²) < 4.78 is 5.41. The number of carbonyl (C=O) groups excluding carboxylic acids is 2. The number of amides is 3. The number of ether oxygens (including phenoxy) is 1. The van der Waals surface area contributed by atoms with Crippen molar-refractivity contribution in [2.24, 2.45) is 5.92 Å². The minimum atomic E-state index is -0.0646. The monoisotopic (exact) mass is 333 g/mol. The standard InChI is InChI=1S/C18H27N3O3/c1-13(2)17(22)20-16-6-4-15(5-7-16)12-19-18(23)21-9-11-24-10-8-14(21)3/h4-7,13-14H,8-12H2,1-3H3,(H,19,23)(H,20,22). The maximum Gasteiger partial charge on any atom is 0.317 e. The van der Waals surface area contributed by atoms with Crippen LogP contribution in [0.4, 0.5) is 10.5 Å². The van der Waals surface area contributed by atoms with Gasteiger partial charge in [-0.15, -0.1) is 0 Å². The number of nitrogens with one attached hydrogen (secondary N) is 2. The molecule has 1 heterocycles. The number of hydrogen-bond donors (Lipinski definition) is 2. The van der Waals surface area contributed by atoms with Crippen LogP contribution in [0.2, 0.25) is 0 Å². The lowest BCUT2D eigenvalue weighted by molar-refractivity contribution is -0.118. The van der Waals surface area contributed by atoms with Crippen LogP contribution in [0.3, 0.4) is 0 Å². The van der Waals surface area contributed by atoms with Gasteiger partial charge in [0.25, 0.3) is 0 Å². The lowest BCUT2D eigenvalue weighted by atomic mass is 10.1. The second kappa shape index (κ2) is 8.68. The highest BCUT2D eigenvalue weighted by atomic mass is 16.5. The second-order valence-corrected chi connectivity index (χ2v) is 6.44. The second-order valence-electron chi connectivity index (χ2n) is 6.44. The average molecular weight is 333 g/mol. The number of anilines is 1. The van der Waals surface area contributed by atoms with E-state index in [4.69, 9.17) is 4.74 Å². The number of urea groups is 1. The number of carbonyl (C=O) groups is 2. The summed E-state index contributed by atoms with van der Waals surface area (Å²) in [7, 11) is 0. The molecule has 0 aliphatic carbocycles. The van der Waals surface area contributed by atoms with E-state index in [1.165, 1.54) is 0 Å². The Morgan fingerprint density at radius 2 is 1.96 bits per heavy atom. The molecule has 1 saturated heterocycles. The van der Waals surface area contributed by atoms with E-state index in [1.807, 2.05) is 49.9 Å². The molecule has 6 heteroatoms. The molecule has 1 aromatic rings. The van der Waals surface area contributed by atoms with Crippen LogP contribution in [-0.4, -0.2) is 42.6 Å². The average Bonchev–Trinajstić information content (AvgIpc) is 2.78. The zero-order valence-corrected chi connectivity index (χ0v) is 14.7. The summed E-state index contributed by atoms with van der Waals surface area (Å²) in [6.45, 7) is 8.12. The molecule has 1 aliphatic rings. The fourth-order valence-corrected chi connectivity index (χ4v) is 2.47. The van der Waals surface area contributed by atoms with Gasteiger partial charge in [0, 0.05) is 37.3 Å². The van der Waals surface area contributed by atoms with E-state index in [0.717, 1.165) is 17.7 Å². The molecule has 0 spiro atoms. The summed E-state index contributed by atoms with van der Waals surface area (Å²) in [5.74, 6) is -0.0584. The van der Waals surface area contributed by atoms with Crippen LogP contribution in [-0.2, 0) is 16.1 Å². The minimum absolute atomic E-state index is 0.00609. The van der Waals surface area contributed by atoms with Crippen molar-refractivity contribution in [1.82, 2.24) is 10.2 Å². The van der Waals surface area contributed by atoms with Crippen molar-refractivity contribution < 1.29 is 14.3 Å². The van der Waals surface area contributed by atoms with E-state index in [9.17, 15) is 9.59 Å². The van der Waals surface area contributed by atoms with E-state index in [0.29, 0.717) is 26.3 Å². The summed E-state index contributed by atoms with van der Waals surface area (Å²) >= 11 is 0. The molecule has 2 rings (SSSR count). The lowest BCUT2D eigenvalue weighted by Crippen LogP contribution is -2.45. The molecule has 1 aliphatic heterocycles. The van der Waals surface area contributed by atoms with Gasteiger partial charge in [-0.05, 0) is 31.0 Å². The summed E-state index contributed by atoms with van der Waals surface area (Å²) in [4.78, 5) is 25.8. The lowest BCUT2D eigenvalue weighted by Gasteiger charge is -2.26. The van der Waals surface area contributed by atoms with Crippen molar-refractivity contribution in [3.05, 3.63) is 29.8 Å². The van der Waals surface area contributed by atoms with E-state index >= 15 is 0 Å². The van der Waals surface area contributed by atoms with Gasteiger partial charge in [0.1, 0.15) is 0 Å². The Morgan fingerprint density at radius 3 is 2.62 bits per heavy atom. The third-order valence-electron chi connectivity index (χ3n) is 4.14. The molecule has 0 saturated carbocycles. The first-order valence-corrected chi connectivity index (χ1v) is 8.49. The first kappa shape index (κ1) is 18.3. The zero-order valence-electron chi connectivity index (χ0n) is 14.7. The van der Waals surface area contributed by atoms with E-state index < -0.39 is 0 Å². The van der Waals surface area contributed by atoms with E-state index in [-0.39, 0.29) is 23.9 Å². The Labute approximate surface area is 143 Å². The molecule has 24 heavy (non-hydrogen) atoms. The molecule has 1 atom stereocenters. The van der Waals surface area contributed by atoms with Gasteiger partial charge in [-0.1, -0.05) is 26.0 Å². The van der Waals surface area contributed by atoms with Crippen LogP contribution >= 0.6 is 0 Å². The van der Waals surface area contributed by atoms with Crippen molar-refractivity contribution in [2.75, 3.05) is 25.1 Å². The first-order valence-electron chi connectivity index (χ1n) is 8.49. The summed E-state index contributed by atoms with van der Waals surface area (Å²) in [5, 5.41) is 5.80. The molecule has 0 bridgehead atoms. The minimum Gasteiger partial charge on any atom is -0.380 e. The van der Waals surface area contributed by atoms with E-state index in [2.05, 4.69) is 10.6 Å². The topological polar surface area (TPSA) is 70.7 Å². The van der Waals surface area contributed by atoms with Gasteiger partial charge in [0.15, 0.2) is 0 Å². The normalized spacial score (nSPS) is 18.2. The van der Waals surface area contributed by atoms with Crippen molar-refractivity contribution in [1.29, 1.82) is 0 Å². The highest BCUT2D eigenvalue weighted by Crippen LogP contribution is 2.12. The van der Waals surface area contributed by atoms with Crippen molar-refractivity contribution >= 4 is 17.6 Å². The molecule has 0 aromatic heterocycles. The summed E-state index contributed by atoms with van der Waals surface area (Å²) in [6.07, 6.45) is 0.859. The van der Waals surface area contributed by atoms with Gasteiger partial charge in [-0.3, -0.25) is 4.79 Å². The van der Waals surface area contributed by atoms with Crippen LogP contribution in [0.25, 0.3) is 0 Å². The van der Waals surface area contributed by atoms with Gasteiger partial charge < -0.3 is 20.3 Å². The van der Waals surface area contributed by atoms with Gasteiger partial charge in [-0.2, -0.15) is 0 Å². The first-order chi connectivity index (χ1) is 11.5. The quantitative estimate of drug-likeness (QED) is 0.890. The third-order valence-corrected chi connectivity index (χ3v) is 4.14. The molecular weight excluding hydrogens is 306 g/mol. The fourth-order valence-electron chi connectivity index (χ4n) is 2.47. The summed E-state index contributed by atoms with van der Waals surface area (Å²) in [6, 6.07) is 7.64. The number of nitrogens with zero attached hydrogens (tertiary/aromatic N) is 1. The van der Waals surface area contributed by atoms with Crippen LogP contribution in [0, 0.1) is 5.92 Å². The van der Waals surface area contributed by atoms with E-state index in [1.54, 1.807) is 0 Å². The smallest absolute Gasteiger partial charge is 0.317 e.